The van der Waals surface area contributed by atoms with E-state index in [1.54, 1.807) is 45.5 Å². The number of fused-ring (bicyclic) bond motifs is 1. The number of hydrogen-bond donors (Lipinski definition) is 0. The first-order valence-corrected chi connectivity index (χ1v) is 8.99. The second-order valence-corrected chi connectivity index (χ2v) is 6.76. The highest BCUT2D eigenvalue weighted by molar-refractivity contribution is 5.99. The average molecular weight is 385 g/mol. The topological polar surface area (TPSA) is 56.6 Å². The summed E-state index contributed by atoms with van der Waals surface area (Å²) >= 11 is 0. The molecule has 0 bridgehead atoms. The van der Waals surface area contributed by atoms with Gasteiger partial charge in [-0.2, -0.15) is 0 Å². The Bertz CT molecular complexity index is 981. The molecule has 0 saturated heterocycles. The number of ether oxygens (including phenoxy) is 2. The molecule has 0 aliphatic carbocycles. The Hall–Kier alpha value is -2.93. The zero-order valence-corrected chi connectivity index (χ0v) is 16.5. The number of nitrogens with zero attached hydrogens (tertiary/aromatic N) is 3. The first-order valence-electron chi connectivity index (χ1n) is 8.99. The van der Waals surface area contributed by atoms with Crippen molar-refractivity contribution in [3.05, 3.63) is 59.2 Å². The van der Waals surface area contributed by atoms with E-state index in [4.69, 9.17) is 9.47 Å². The van der Waals surface area contributed by atoms with Gasteiger partial charge in [-0.05, 0) is 36.8 Å². The molecule has 0 aliphatic rings. The van der Waals surface area contributed by atoms with E-state index in [2.05, 4.69) is 4.98 Å². The Morgan fingerprint density at radius 2 is 1.93 bits per heavy atom. The van der Waals surface area contributed by atoms with Crippen molar-refractivity contribution in [1.29, 1.82) is 0 Å². The first kappa shape index (κ1) is 19.8. The van der Waals surface area contributed by atoms with Crippen LogP contribution < -0.4 is 4.74 Å². The minimum atomic E-state index is -0.294. The molecule has 0 radical (unpaired) electrons. The van der Waals surface area contributed by atoms with Crippen LogP contribution in [0, 0.1) is 12.7 Å². The second kappa shape index (κ2) is 8.39. The minimum absolute atomic E-state index is 0.127. The van der Waals surface area contributed by atoms with E-state index in [1.165, 1.54) is 17.0 Å². The molecule has 1 aromatic heterocycles. The molecule has 1 amide bonds. The van der Waals surface area contributed by atoms with Gasteiger partial charge in [-0.15, -0.1) is 0 Å². The summed E-state index contributed by atoms with van der Waals surface area (Å²) < 4.78 is 26.4. The highest BCUT2D eigenvalue weighted by Gasteiger charge is 2.18. The molecule has 0 fully saturated rings. The van der Waals surface area contributed by atoms with Gasteiger partial charge in [0.05, 0.1) is 12.1 Å². The third-order valence-electron chi connectivity index (χ3n) is 4.48. The first-order chi connectivity index (χ1) is 13.4. The molecule has 3 rings (SSSR count). The molecule has 3 aromatic rings. The van der Waals surface area contributed by atoms with Crippen LogP contribution in [0.1, 0.15) is 21.7 Å². The fourth-order valence-electron chi connectivity index (χ4n) is 3.04. The number of amides is 1. The summed E-state index contributed by atoms with van der Waals surface area (Å²) in [6, 6.07) is 9.65. The summed E-state index contributed by atoms with van der Waals surface area (Å²) in [7, 11) is 5.05. The molecule has 1 heterocycles. The lowest BCUT2D eigenvalue weighted by Gasteiger charge is -2.15. The van der Waals surface area contributed by atoms with Gasteiger partial charge in [0.15, 0.2) is 0 Å². The van der Waals surface area contributed by atoms with Crippen molar-refractivity contribution in [3.63, 3.8) is 0 Å². The number of benzene rings is 2. The standard InChI is InChI=1S/C21H24FN3O3/c1-14-23-18-11-16(21(26)24(2)3)12-19(20(18)25(14)9-10-27-4)28-13-15-5-7-17(22)8-6-15/h5-8,11-12H,9-10,13H2,1-4H3. The zero-order chi connectivity index (χ0) is 20.3. The van der Waals surface area contributed by atoms with Crippen LogP contribution in [0.3, 0.4) is 0 Å². The summed E-state index contributed by atoms with van der Waals surface area (Å²) in [5.41, 5.74) is 2.84. The number of halogens is 1. The van der Waals surface area contributed by atoms with Gasteiger partial charge in [-0.3, -0.25) is 4.79 Å². The van der Waals surface area contributed by atoms with E-state index >= 15 is 0 Å². The highest BCUT2D eigenvalue weighted by atomic mass is 19.1. The van der Waals surface area contributed by atoms with E-state index in [0.29, 0.717) is 30.0 Å². The lowest BCUT2D eigenvalue weighted by atomic mass is 10.1. The summed E-state index contributed by atoms with van der Waals surface area (Å²) in [4.78, 5) is 18.6. The van der Waals surface area contributed by atoms with Gasteiger partial charge in [0.25, 0.3) is 5.91 Å². The van der Waals surface area contributed by atoms with Crippen LogP contribution in [0.2, 0.25) is 0 Å². The van der Waals surface area contributed by atoms with E-state index < -0.39 is 0 Å². The molecule has 0 unspecified atom stereocenters. The van der Waals surface area contributed by atoms with Crippen LogP contribution in [-0.4, -0.2) is 48.2 Å². The molecule has 0 aliphatic heterocycles. The molecule has 0 N–H and O–H groups in total. The zero-order valence-electron chi connectivity index (χ0n) is 16.5. The Balaban J connectivity index is 2.04. The van der Waals surface area contributed by atoms with Crippen LogP contribution in [0.15, 0.2) is 36.4 Å². The quantitative estimate of drug-likeness (QED) is 0.625. The van der Waals surface area contributed by atoms with Gasteiger partial charge in [0.2, 0.25) is 0 Å². The maximum atomic E-state index is 13.1. The normalized spacial score (nSPS) is 11.0. The number of aromatic nitrogens is 2. The summed E-state index contributed by atoms with van der Waals surface area (Å²) in [5, 5.41) is 0. The Kier molecular flexibility index (Phi) is 5.94. The molecular formula is C21H24FN3O3. The molecule has 7 heteroatoms. The van der Waals surface area contributed by atoms with Gasteiger partial charge in [0, 0.05) is 33.3 Å². The van der Waals surface area contributed by atoms with Gasteiger partial charge >= 0.3 is 0 Å². The predicted molar refractivity (Wildman–Crippen MR) is 105 cm³/mol. The average Bonchev–Trinajstić information content (AvgIpc) is 2.99. The molecule has 6 nitrogen and oxygen atoms in total. The lowest BCUT2D eigenvalue weighted by Crippen LogP contribution is -2.21. The third-order valence-corrected chi connectivity index (χ3v) is 4.48. The Morgan fingerprint density at radius 3 is 2.57 bits per heavy atom. The van der Waals surface area contributed by atoms with Crippen molar-refractivity contribution in [1.82, 2.24) is 14.5 Å². The summed E-state index contributed by atoms with van der Waals surface area (Å²) in [5.74, 6) is 0.951. The number of carbonyl (C=O) groups excluding carboxylic acids is 1. The Labute approximate surface area is 163 Å². The Morgan fingerprint density at radius 1 is 1.21 bits per heavy atom. The smallest absolute Gasteiger partial charge is 0.253 e. The SMILES string of the molecule is COCCn1c(C)nc2cc(C(=O)N(C)C)cc(OCc3ccc(F)cc3)c21. The molecule has 2 aromatic carbocycles. The molecule has 0 saturated carbocycles. The van der Waals surface area contributed by atoms with Gasteiger partial charge in [0.1, 0.15) is 29.5 Å². The third kappa shape index (κ3) is 4.14. The number of methoxy groups -OCH3 is 1. The monoisotopic (exact) mass is 385 g/mol. The molecule has 148 valence electrons. The van der Waals surface area contributed by atoms with Crippen molar-refractivity contribution in [2.45, 2.75) is 20.1 Å². The number of aryl methyl sites for hydroxylation is 1. The van der Waals surface area contributed by atoms with E-state index in [-0.39, 0.29) is 18.3 Å². The van der Waals surface area contributed by atoms with Gasteiger partial charge in [-0.25, -0.2) is 9.37 Å². The van der Waals surface area contributed by atoms with E-state index in [1.807, 2.05) is 11.5 Å². The molecule has 0 spiro atoms. The van der Waals surface area contributed by atoms with E-state index in [9.17, 15) is 9.18 Å². The van der Waals surface area contributed by atoms with Crippen molar-refractivity contribution in [3.8, 4) is 5.75 Å². The molecular weight excluding hydrogens is 361 g/mol. The summed E-state index contributed by atoms with van der Waals surface area (Å²) in [6.07, 6.45) is 0. The van der Waals surface area contributed by atoms with Crippen molar-refractivity contribution < 1.29 is 18.7 Å². The van der Waals surface area contributed by atoms with E-state index in [0.717, 1.165) is 16.9 Å². The maximum absolute atomic E-state index is 13.1. The predicted octanol–water partition coefficient (Wildman–Crippen LogP) is 3.41. The fourth-order valence-corrected chi connectivity index (χ4v) is 3.04. The highest BCUT2D eigenvalue weighted by Crippen LogP contribution is 2.30. The van der Waals surface area contributed by atoms with Gasteiger partial charge < -0.3 is 18.9 Å². The number of carbonyl (C=O) groups is 1. The van der Waals surface area contributed by atoms with Crippen LogP contribution in [0.25, 0.3) is 11.0 Å². The van der Waals surface area contributed by atoms with Crippen LogP contribution in [0.4, 0.5) is 4.39 Å². The van der Waals surface area contributed by atoms with Crippen LogP contribution in [0.5, 0.6) is 5.75 Å². The molecule has 28 heavy (non-hydrogen) atoms. The largest absolute Gasteiger partial charge is 0.487 e. The lowest BCUT2D eigenvalue weighted by molar-refractivity contribution is 0.0827. The van der Waals surface area contributed by atoms with Crippen molar-refractivity contribution >= 4 is 16.9 Å². The second-order valence-electron chi connectivity index (χ2n) is 6.76. The minimum Gasteiger partial charge on any atom is -0.487 e. The van der Waals surface area contributed by atoms with Gasteiger partial charge in [-0.1, -0.05) is 12.1 Å². The number of rotatable bonds is 7. The maximum Gasteiger partial charge on any atom is 0.253 e. The summed E-state index contributed by atoms with van der Waals surface area (Å²) in [6.45, 7) is 3.31. The number of hydrogen-bond acceptors (Lipinski definition) is 4. The van der Waals surface area contributed by atoms with Crippen molar-refractivity contribution in [2.75, 3.05) is 27.8 Å². The fraction of sp³-hybridized carbons (Fsp3) is 0.333. The molecule has 0 atom stereocenters. The number of imidazole rings is 1. The van der Waals surface area contributed by atoms with Crippen molar-refractivity contribution in [2.24, 2.45) is 0 Å². The van der Waals surface area contributed by atoms with Crippen LogP contribution in [-0.2, 0) is 17.9 Å². The van der Waals surface area contributed by atoms with Crippen LogP contribution >= 0.6 is 0 Å².